The predicted molar refractivity (Wildman–Crippen MR) is 96.2 cm³/mol. The number of hydrogen-bond acceptors (Lipinski definition) is 5. The van der Waals surface area contributed by atoms with E-state index < -0.39 is 10.0 Å². The van der Waals surface area contributed by atoms with E-state index >= 15 is 0 Å². The number of benzene rings is 1. The van der Waals surface area contributed by atoms with Crippen molar-refractivity contribution >= 4 is 15.9 Å². The summed E-state index contributed by atoms with van der Waals surface area (Å²) in [7, 11) is -3.48. The molecule has 0 atom stereocenters. The van der Waals surface area contributed by atoms with Gasteiger partial charge in [0, 0.05) is 24.8 Å². The lowest BCUT2D eigenvalue weighted by Gasteiger charge is -2.20. The van der Waals surface area contributed by atoms with Gasteiger partial charge in [0.25, 0.3) is 0 Å². The summed E-state index contributed by atoms with van der Waals surface area (Å²) in [5.74, 6) is 0.682. The number of carbonyl (C=O) groups is 1. The van der Waals surface area contributed by atoms with E-state index in [0.29, 0.717) is 32.0 Å². The van der Waals surface area contributed by atoms with Crippen LogP contribution in [0.3, 0.4) is 0 Å². The van der Waals surface area contributed by atoms with Crippen molar-refractivity contribution in [2.75, 3.05) is 19.7 Å². The van der Waals surface area contributed by atoms with Crippen molar-refractivity contribution in [2.45, 2.75) is 24.8 Å². The largest absolute Gasteiger partial charge is 0.490 e. The van der Waals surface area contributed by atoms with E-state index in [1.807, 2.05) is 6.07 Å². The number of carbonyl (C=O) groups excluding carboxylic acids is 1. The zero-order chi connectivity index (χ0) is 18.6. The molecule has 26 heavy (non-hydrogen) atoms. The smallest absolute Gasteiger partial charge is 0.240 e. The van der Waals surface area contributed by atoms with Gasteiger partial charge < -0.3 is 9.64 Å². The highest BCUT2D eigenvalue weighted by Gasteiger charge is 2.20. The number of nitrogens with one attached hydrogen (secondary N) is 1. The fourth-order valence-electron chi connectivity index (χ4n) is 2.78. The molecule has 0 unspecified atom stereocenters. The van der Waals surface area contributed by atoms with E-state index in [1.54, 1.807) is 36.4 Å². The number of fused-ring (bicyclic) bond motifs is 1. The summed E-state index contributed by atoms with van der Waals surface area (Å²) >= 11 is 0. The number of amides is 1. The monoisotopic (exact) mass is 375 g/mol. The fraction of sp³-hybridized carbons (Fsp3) is 0.333. The molecule has 0 aliphatic carbocycles. The van der Waals surface area contributed by atoms with Crippen LogP contribution in [0.4, 0.5) is 0 Å². The Balaban J connectivity index is 1.68. The minimum atomic E-state index is -3.48. The average Bonchev–Trinajstić information content (AvgIpc) is 2.84. The molecule has 1 aliphatic heterocycles. The van der Waals surface area contributed by atoms with Gasteiger partial charge in [0.1, 0.15) is 12.4 Å². The number of nitrogens with zero attached hydrogens (tertiary/aromatic N) is 2. The highest BCUT2D eigenvalue weighted by molar-refractivity contribution is 7.89. The Labute approximate surface area is 153 Å². The van der Waals surface area contributed by atoms with E-state index in [0.717, 1.165) is 11.1 Å². The Bertz CT molecular complexity index is 882. The van der Waals surface area contributed by atoms with Crippen molar-refractivity contribution in [3.05, 3.63) is 53.9 Å². The van der Waals surface area contributed by atoms with Gasteiger partial charge in [-0.25, -0.2) is 13.1 Å². The van der Waals surface area contributed by atoms with Crippen LogP contribution in [0, 0.1) is 0 Å². The predicted octanol–water partition coefficient (Wildman–Crippen LogP) is 1.34. The van der Waals surface area contributed by atoms with E-state index in [1.165, 1.54) is 12.1 Å². The van der Waals surface area contributed by atoms with Crippen LogP contribution in [0.2, 0.25) is 0 Å². The van der Waals surface area contributed by atoms with E-state index in [9.17, 15) is 13.2 Å². The second kappa shape index (κ2) is 7.84. The number of ether oxygens (including phenoxy) is 1. The van der Waals surface area contributed by atoms with Gasteiger partial charge in [-0.3, -0.25) is 9.78 Å². The van der Waals surface area contributed by atoms with E-state index in [2.05, 4.69) is 9.71 Å². The van der Waals surface area contributed by atoms with E-state index in [-0.39, 0.29) is 17.2 Å². The molecule has 3 rings (SSSR count). The minimum absolute atomic E-state index is 0.0273. The van der Waals surface area contributed by atoms with Crippen LogP contribution in [0.25, 0.3) is 0 Å². The first-order chi connectivity index (χ1) is 12.5. The van der Waals surface area contributed by atoms with Crippen molar-refractivity contribution in [3.8, 4) is 5.75 Å². The first kappa shape index (κ1) is 18.3. The molecule has 1 aromatic heterocycles. The first-order valence-electron chi connectivity index (χ1n) is 8.41. The summed E-state index contributed by atoms with van der Waals surface area (Å²) in [5, 5.41) is 0. The number of hydrogen-bond donors (Lipinski definition) is 1. The van der Waals surface area contributed by atoms with Gasteiger partial charge in [0.05, 0.1) is 24.1 Å². The van der Waals surface area contributed by atoms with Crippen LogP contribution in [0.1, 0.15) is 18.1 Å². The molecule has 0 fully saturated rings. The van der Waals surface area contributed by atoms with Crippen LogP contribution in [0.5, 0.6) is 5.75 Å². The van der Waals surface area contributed by atoms with Crippen molar-refractivity contribution < 1.29 is 17.9 Å². The summed E-state index contributed by atoms with van der Waals surface area (Å²) in [6.45, 7) is 3.45. The van der Waals surface area contributed by atoms with Crippen molar-refractivity contribution in [3.63, 3.8) is 0 Å². The van der Waals surface area contributed by atoms with Crippen LogP contribution in [-0.2, 0) is 27.8 Å². The molecular weight excluding hydrogens is 354 g/mol. The van der Waals surface area contributed by atoms with Crippen molar-refractivity contribution in [1.29, 1.82) is 0 Å². The molecule has 0 radical (unpaired) electrons. The van der Waals surface area contributed by atoms with Gasteiger partial charge in [0.2, 0.25) is 15.9 Å². The normalized spacial score (nSPS) is 14.3. The topological polar surface area (TPSA) is 88.6 Å². The lowest BCUT2D eigenvalue weighted by Crippen LogP contribution is -2.33. The Morgan fingerprint density at radius 1 is 1.27 bits per heavy atom. The zero-order valence-corrected chi connectivity index (χ0v) is 15.3. The third kappa shape index (κ3) is 4.20. The van der Waals surface area contributed by atoms with Crippen molar-refractivity contribution in [2.24, 2.45) is 0 Å². The van der Waals surface area contributed by atoms with Gasteiger partial charge in [-0.15, -0.1) is 0 Å². The maximum atomic E-state index is 12.6. The minimum Gasteiger partial charge on any atom is -0.490 e. The van der Waals surface area contributed by atoms with Crippen LogP contribution in [-0.4, -0.2) is 43.9 Å². The highest BCUT2D eigenvalue weighted by atomic mass is 32.2. The molecule has 1 aromatic carbocycles. The Morgan fingerprint density at radius 3 is 2.77 bits per heavy atom. The molecule has 8 heteroatoms. The average molecular weight is 375 g/mol. The third-order valence-corrected chi connectivity index (χ3v) is 5.69. The SMILES string of the molecule is CCNS(=O)(=O)c1ccc(CC(=O)N2CCOc3cnccc3C2)cc1. The molecule has 1 N–H and O–H groups in total. The number of aromatic nitrogens is 1. The molecule has 0 bridgehead atoms. The van der Waals surface area contributed by atoms with Gasteiger partial charge in [-0.05, 0) is 23.8 Å². The number of rotatable bonds is 5. The van der Waals surface area contributed by atoms with Gasteiger partial charge >= 0.3 is 0 Å². The molecule has 2 heterocycles. The molecule has 0 spiro atoms. The molecule has 0 saturated heterocycles. The summed E-state index contributed by atoms with van der Waals surface area (Å²) in [6.07, 6.45) is 3.55. The molecule has 1 amide bonds. The summed E-state index contributed by atoms with van der Waals surface area (Å²) in [6, 6.07) is 8.24. The number of sulfonamides is 1. The zero-order valence-electron chi connectivity index (χ0n) is 14.5. The highest BCUT2D eigenvalue weighted by Crippen LogP contribution is 2.22. The van der Waals surface area contributed by atoms with Crippen molar-refractivity contribution in [1.82, 2.24) is 14.6 Å². The van der Waals surface area contributed by atoms with Crippen LogP contribution in [0.15, 0.2) is 47.6 Å². The van der Waals surface area contributed by atoms with E-state index in [4.69, 9.17) is 4.74 Å². The maximum absolute atomic E-state index is 12.6. The molecule has 2 aromatic rings. The molecule has 1 aliphatic rings. The van der Waals surface area contributed by atoms with Gasteiger partial charge in [0.15, 0.2) is 0 Å². The standard InChI is InChI=1S/C18H21N3O4S/c1-2-20-26(23,24)16-5-3-14(4-6-16)11-18(22)21-9-10-25-17-12-19-8-7-15(17)13-21/h3-8,12,20H,2,9-11,13H2,1H3. The third-order valence-electron chi connectivity index (χ3n) is 4.13. The molecule has 0 saturated carbocycles. The summed E-state index contributed by atoms with van der Waals surface area (Å²) in [4.78, 5) is 18.6. The lowest BCUT2D eigenvalue weighted by molar-refractivity contribution is -0.131. The summed E-state index contributed by atoms with van der Waals surface area (Å²) < 4.78 is 32.0. The molecule has 138 valence electrons. The van der Waals surface area contributed by atoms with Crippen LogP contribution >= 0.6 is 0 Å². The second-order valence-corrected chi connectivity index (χ2v) is 7.74. The Morgan fingerprint density at radius 2 is 2.04 bits per heavy atom. The van der Waals surface area contributed by atoms with Crippen LogP contribution < -0.4 is 9.46 Å². The van der Waals surface area contributed by atoms with Gasteiger partial charge in [-0.2, -0.15) is 0 Å². The molecular formula is C18H21N3O4S. The lowest BCUT2D eigenvalue weighted by atomic mass is 10.1. The second-order valence-electron chi connectivity index (χ2n) is 5.97. The molecule has 7 nitrogen and oxygen atoms in total. The fourth-order valence-corrected chi connectivity index (χ4v) is 3.82. The summed E-state index contributed by atoms with van der Waals surface area (Å²) in [5.41, 5.74) is 1.70. The quantitative estimate of drug-likeness (QED) is 0.852. The Hall–Kier alpha value is -2.45. The maximum Gasteiger partial charge on any atom is 0.240 e. The number of pyridine rings is 1. The Kier molecular flexibility index (Phi) is 5.53. The first-order valence-corrected chi connectivity index (χ1v) is 9.90. The van der Waals surface area contributed by atoms with Gasteiger partial charge in [-0.1, -0.05) is 19.1 Å².